The van der Waals surface area contributed by atoms with Gasteiger partial charge in [0.15, 0.2) is 0 Å². The number of para-hydroxylation sites is 1. The van der Waals surface area contributed by atoms with E-state index in [1.165, 1.54) is 6.42 Å². The second-order valence-electron chi connectivity index (χ2n) is 10.2. The van der Waals surface area contributed by atoms with Crippen molar-refractivity contribution in [2.45, 2.75) is 83.3 Å². The predicted octanol–water partition coefficient (Wildman–Crippen LogP) is 4.43. The maximum Gasteiger partial charge on any atom is 0.273 e. The van der Waals surface area contributed by atoms with Crippen molar-refractivity contribution in [1.82, 2.24) is 20.0 Å². The molecule has 1 atom stereocenters. The first-order valence-corrected chi connectivity index (χ1v) is 13.4. The van der Waals surface area contributed by atoms with Gasteiger partial charge in [-0.2, -0.15) is 5.10 Å². The topological polar surface area (TPSA) is 85.7 Å². The second kappa shape index (κ2) is 11.9. The van der Waals surface area contributed by atoms with Crippen LogP contribution in [0.4, 0.5) is 0 Å². The molecule has 1 aromatic heterocycles. The highest BCUT2D eigenvalue weighted by atomic mass is 16.5. The summed E-state index contributed by atoms with van der Waals surface area (Å²) < 4.78 is 13.0. The minimum Gasteiger partial charge on any atom is -0.493 e. The maximum atomic E-state index is 13.8. The normalized spacial score (nSPS) is 20.3. The molecule has 0 spiro atoms. The lowest BCUT2D eigenvalue weighted by Gasteiger charge is -2.44. The largest absolute Gasteiger partial charge is 0.493 e. The average Bonchev–Trinajstić information content (AvgIpc) is 3.31. The van der Waals surface area contributed by atoms with E-state index in [2.05, 4.69) is 12.2 Å². The van der Waals surface area contributed by atoms with Crippen molar-refractivity contribution >= 4 is 11.8 Å². The third kappa shape index (κ3) is 5.59. The van der Waals surface area contributed by atoms with Gasteiger partial charge in [0, 0.05) is 31.9 Å². The lowest BCUT2D eigenvalue weighted by atomic mass is 9.91. The Morgan fingerprint density at radius 3 is 2.69 bits per heavy atom. The molecule has 1 unspecified atom stereocenters. The van der Waals surface area contributed by atoms with Gasteiger partial charge in [0.1, 0.15) is 17.0 Å². The van der Waals surface area contributed by atoms with Gasteiger partial charge in [0.05, 0.1) is 18.8 Å². The van der Waals surface area contributed by atoms with Crippen molar-refractivity contribution in [3.8, 4) is 17.0 Å². The number of hydrogen-bond acceptors (Lipinski definition) is 5. The Labute approximate surface area is 214 Å². The SMILES string of the molecule is CCCCOc1ccccc1-c1cc2n(n1)CC(C)(C(=O)NC1CCCCC1)N(CCCOC)C2=O. The number of unbranched alkanes of at least 4 members (excludes halogenated alkanes) is 1. The number of aromatic nitrogens is 2. The summed E-state index contributed by atoms with van der Waals surface area (Å²) in [6, 6.07) is 9.78. The van der Waals surface area contributed by atoms with E-state index < -0.39 is 5.54 Å². The minimum absolute atomic E-state index is 0.105. The monoisotopic (exact) mass is 496 g/mol. The lowest BCUT2D eigenvalue weighted by molar-refractivity contribution is -0.134. The number of hydrogen-bond donors (Lipinski definition) is 1. The Kier molecular flexibility index (Phi) is 8.67. The fraction of sp³-hybridized carbons (Fsp3) is 0.607. The molecule has 0 bridgehead atoms. The van der Waals surface area contributed by atoms with E-state index in [4.69, 9.17) is 14.6 Å². The first kappa shape index (κ1) is 26.2. The summed E-state index contributed by atoms with van der Waals surface area (Å²) >= 11 is 0. The maximum absolute atomic E-state index is 13.8. The molecular weight excluding hydrogens is 456 g/mol. The molecule has 2 aliphatic rings. The van der Waals surface area contributed by atoms with Crippen LogP contribution in [0.3, 0.4) is 0 Å². The van der Waals surface area contributed by atoms with E-state index >= 15 is 0 Å². The van der Waals surface area contributed by atoms with Crippen LogP contribution in [0.1, 0.15) is 75.7 Å². The van der Waals surface area contributed by atoms with Gasteiger partial charge >= 0.3 is 0 Å². The van der Waals surface area contributed by atoms with Crippen molar-refractivity contribution in [2.75, 3.05) is 26.9 Å². The van der Waals surface area contributed by atoms with E-state index in [0.29, 0.717) is 44.1 Å². The minimum atomic E-state index is -1.03. The summed E-state index contributed by atoms with van der Waals surface area (Å²) in [6.07, 6.45) is 8.14. The number of ether oxygens (including phenoxy) is 2. The quantitative estimate of drug-likeness (QED) is 0.465. The van der Waals surface area contributed by atoms with Crippen molar-refractivity contribution in [3.63, 3.8) is 0 Å². The number of methoxy groups -OCH3 is 1. The molecule has 2 amide bonds. The first-order valence-electron chi connectivity index (χ1n) is 13.4. The van der Waals surface area contributed by atoms with E-state index in [1.807, 2.05) is 37.3 Å². The Balaban J connectivity index is 1.63. The van der Waals surface area contributed by atoms with Crippen LogP contribution in [-0.4, -0.2) is 64.9 Å². The molecule has 2 heterocycles. The van der Waals surface area contributed by atoms with Crippen LogP contribution in [-0.2, 0) is 16.1 Å². The second-order valence-corrected chi connectivity index (χ2v) is 10.2. The molecule has 1 fully saturated rings. The van der Waals surface area contributed by atoms with Gasteiger partial charge in [-0.05, 0) is 50.8 Å². The zero-order valence-corrected chi connectivity index (χ0v) is 21.9. The highest BCUT2D eigenvalue weighted by Crippen LogP contribution is 2.34. The third-order valence-corrected chi connectivity index (χ3v) is 7.38. The first-order chi connectivity index (χ1) is 17.5. The predicted molar refractivity (Wildman–Crippen MR) is 139 cm³/mol. The highest BCUT2D eigenvalue weighted by molar-refractivity contribution is 6.00. The molecule has 36 heavy (non-hydrogen) atoms. The van der Waals surface area contributed by atoms with Crippen molar-refractivity contribution < 1.29 is 19.1 Å². The van der Waals surface area contributed by atoms with Gasteiger partial charge in [0.25, 0.3) is 5.91 Å². The molecule has 1 aromatic carbocycles. The van der Waals surface area contributed by atoms with E-state index in [0.717, 1.165) is 49.8 Å². The smallest absolute Gasteiger partial charge is 0.273 e. The highest BCUT2D eigenvalue weighted by Gasteiger charge is 2.48. The van der Waals surface area contributed by atoms with Gasteiger partial charge in [-0.1, -0.05) is 44.7 Å². The van der Waals surface area contributed by atoms with Gasteiger partial charge in [-0.3, -0.25) is 14.3 Å². The van der Waals surface area contributed by atoms with Crippen LogP contribution in [0.5, 0.6) is 5.75 Å². The Bertz CT molecular complexity index is 1050. The third-order valence-electron chi connectivity index (χ3n) is 7.38. The van der Waals surface area contributed by atoms with Crippen LogP contribution in [0.15, 0.2) is 30.3 Å². The van der Waals surface area contributed by atoms with Gasteiger partial charge < -0.3 is 19.7 Å². The molecule has 2 aromatic rings. The Morgan fingerprint density at radius 1 is 1.17 bits per heavy atom. The summed E-state index contributed by atoms with van der Waals surface area (Å²) in [6.45, 7) is 5.90. The van der Waals surface area contributed by atoms with Gasteiger partial charge in [-0.15, -0.1) is 0 Å². The molecule has 1 N–H and O–H groups in total. The van der Waals surface area contributed by atoms with E-state index in [9.17, 15) is 9.59 Å². The van der Waals surface area contributed by atoms with Crippen LogP contribution in [0.25, 0.3) is 11.3 Å². The van der Waals surface area contributed by atoms with Crippen LogP contribution in [0, 0.1) is 0 Å². The standard InChI is InChI=1S/C28H40N4O4/c1-4-5-18-36-25-15-10-9-14-22(25)23-19-24-26(33)31(16-11-17-35-3)28(2,20-32(24)30-23)27(34)29-21-12-7-6-8-13-21/h9-10,14-15,19,21H,4-8,11-13,16-18,20H2,1-3H3,(H,29,34). The molecule has 1 aliphatic heterocycles. The van der Waals surface area contributed by atoms with Crippen molar-refractivity contribution in [2.24, 2.45) is 0 Å². The molecular formula is C28H40N4O4. The number of benzene rings is 1. The molecule has 0 saturated heterocycles. The fourth-order valence-corrected chi connectivity index (χ4v) is 5.21. The number of carbonyl (C=O) groups excluding carboxylic acids is 2. The zero-order chi connectivity index (χ0) is 25.5. The summed E-state index contributed by atoms with van der Waals surface area (Å²) in [5.41, 5.74) is 0.992. The molecule has 196 valence electrons. The molecule has 0 radical (unpaired) electrons. The number of nitrogens with zero attached hydrogens (tertiary/aromatic N) is 3. The lowest BCUT2D eigenvalue weighted by Crippen LogP contribution is -2.65. The van der Waals surface area contributed by atoms with E-state index in [1.54, 1.807) is 16.7 Å². The summed E-state index contributed by atoms with van der Waals surface area (Å²) in [5.74, 6) is 0.469. The number of amides is 2. The molecule has 8 nitrogen and oxygen atoms in total. The van der Waals surface area contributed by atoms with Gasteiger partial charge in [-0.25, -0.2) is 0 Å². The summed E-state index contributed by atoms with van der Waals surface area (Å²) in [5, 5.41) is 8.05. The Hall–Kier alpha value is -2.87. The number of nitrogens with one attached hydrogen (secondary N) is 1. The molecule has 8 heteroatoms. The van der Waals surface area contributed by atoms with Crippen LogP contribution >= 0.6 is 0 Å². The van der Waals surface area contributed by atoms with Crippen LogP contribution in [0.2, 0.25) is 0 Å². The molecule has 1 aliphatic carbocycles. The number of fused-ring (bicyclic) bond motifs is 1. The molecule has 1 saturated carbocycles. The summed E-state index contributed by atoms with van der Waals surface area (Å²) in [4.78, 5) is 29.2. The zero-order valence-electron chi connectivity index (χ0n) is 21.9. The van der Waals surface area contributed by atoms with Crippen molar-refractivity contribution in [1.29, 1.82) is 0 Å². The van der Waals surface area contributed by atoms with Crippen LogP contribution < -0.4 is 10.1 Å². The van der Waals surface area contributed by atoms with Gasteiger partial charge in [0.2, 0.25) is 5.91 Å². The van der Waals surface area contributed by atoms with Crippen molar-refractivity contribution in [3.05, 3.63) is 36.0 Å². The summed E-state index contributed by atoms with van der Waals surface area (Å²) in [7, 11) is 1.65. The van der Waals surface area contributed by atoms with E-state index in [-0.39, 0.29) is 17.9 Å². The number of carbonyl (C=O) groups is 2. The average molecular weight is 497 g/mol. The number of rotatable bonds is 11. The molecule has 4 rings (SSSR count). The Morgan fingerprint density at radius 2 is 1.94 bits per heavy atom. The fourth-order valence-electron chi connectivity index (χ4n) is 5.21.